The minimum absolute atomic E-state index is 0.220. The van der Waals surface area contributed by atoms with Gasteiger partial charge in [-0.3, -0.25) is 14.6 Å². The van der Waals surface area contributed by atoms with Gasteiger partial charge in [-0.1, -0.05) is 12.1 Å². The van der Waals surface area contributed by atoms with Crippen LogP contribution in [-0.4, -0.2) is 34.8 Å². The number of aromatic nitrogens is 1. The smallest absolute Gasteiger partial charge is 0.408 e. The van der Waals surface area contributed by atoms with Gasteiger partial charge in [0.15, 0.2) is 5.58 Å². The number of fused-ring (bicyclic) bond motifs is 1. The number of halogens is 3. The number of hydrogen-bond donors (Lipinski definition) is 2. The summed E-state index contributed by atoms with van der Waals surface area (Å²) in [5, 5.41) is 2.51. The number of carbonyl (C=O) groups excluding carboxylic acids is 2. The number of amides is 2. The van der Waals surface area contributed by atoms with Crippen LogP contribution in [0.25, 0.3) is 11.1 Å². The predicted molar refractivity (Wildman–Crippen MR) is 110 cm³/mol. The first-order chi connectivity index (χ1) is 15.2. The number of nitrogens with one attached hydrogen (secondary N) is 2. The number of H-pyrrole nitrogens is 1. The summed E-state index contributed by atoms with van der Waals surface area (Å²) in [5.41, 5.74) is 1.22. The molecule has 2 aromatic carbocycles. The Hall–Kier alpha value is -3.56. The molecule has 2 N–H and O–H groups in total. The maximum absolute atomic E-state index is 12.7. The highest BCUT2D eigenvalue weighted by atomic mass is 19.4. The lowest BCUT2D eigenvalue weighted by molar-refractivity contribution is -0.144. The van der Waals surface area contributed by atoms with E-state index < -0.39 is 29.3 Å². The van der Waals surface area contributed by atoms with Crippen molar-refractivity contribution in [1.82, 2.24) is 9.88 Å². The average Bonchev–Trinajstić information content (AvgIpc) is 3.13. The minimum atomic E-state index is -4.36. The van der Waals surface area contributed by atoms with Gasteiger partial charge < -0.3 is 14.6 Å². The molecule has 10 heteroatoms. The summed E-state index contributed by atoms with van der Waals surface area (Å²) in [6.45, 7) is 0.784. The molecule has 1 saturated heterocycles. The summed E-state index contributed by atoms with van der Waals surface area (Å²) in [4.78, 5) is 40.0. The second-order valence-electron chi connectivity index (χ2n) is 7.81. The standard InChI is InChI=1S/C22H20F3N3O4/c23-22(24,25)15-3-1-13(2-4-15)11-14-7-9-28(10-8-14)20(30)19(29)26-16-5-6-17-18(12-16)32-21(31)27-17/h1-6,12,14H,7-11H2,(H,26,29)(H,27,31). The monoisotopic (exact) mass is 447 g/mol. The van der Waals surface area contributed by atoms with Crippen molar-refractivity contribution >= 4 is 28.6 Å². The van der Waals surface area contributed by atoms with Crippen molar-refractivity contribution in [2.45, 2.75) is 25.4 Å². The first-order valence-corrected chi connectivity index (χ1v) is 10.1. The Bertz CT molecular complexity index is 1190. The Morgan fingerprint density at radius 2 is 1.78 bits per heavy atom. The minimum Gasteiger partial charge on any atom is -0.408 e. The lowest BCUT2D eigenvalue weighted by atomic mass is 9.90. The fraction of sp³-hybridized carbons (Fsp3) is 0.318. The van der Waals surface area contributed by atoms with Gasteiger partial charge in [0.25, 0.3) is 0 Å². The number of rotatable bonds is 3. The molecule has 0 bridgehead atoms. The predicted octanol–water partition coefficient (Wildman–Crippen LogP) is 3.56. The molecule has 1 aliphatic heterocycles. The molecule has 0 unspecified atom stereocenters. The van der Waals surface area contributed by atoms with Crippen LogP contribution in [0.2, 0.25) is 0 Å². The zero-order valence-electron chi connectivity index (χ0n) is 16.9. The van der Waals surface area contributed by atoms with Crippen LogP contribution >= 0.6 is 0 Å². The molecule has 0 radical (unpaired) electrons. The molecule has 1 aromatic heterocycles. The SMILES string of the molecule is O=C(Nc1ccc2[nH]c(=O)oc2c1)C(=O)N1CCC(Cc2ccc(C(F)(F)F)cc2)CC1. The van der Waals surface area contributed by atoms with E-state index in [-0.39, 0.29) is 11.5 Å². The van der Waals surface area contributed by atoms with Crippen molar-refractivity contribution in [3.8, 4) is 0 Å². The van der Waals surface area contributed by atoms with Gasteiger partial charge >= 0.3 is 23.7 Å². The zero-order chi connectivity index (χ0) is 22.9. The van der Waals surface area contributed by atoms with E-state index in [9.17, 15) is 27.6 Å². The summed E-state index contributed by atoms with van der Waals surface area (Å²) >= 11 is 0. The first-order valence-electron chi connectivity index (χ1n) is 10.1. The first kappa shape index (κ1) is 21.7. The van der Waals surface area contributed by atoms with Gasteiger partial charge in [0.05, 0.1) is 11.1 Å². The van der Waals surface area contributed by atoms with Crippen molar-refractivity contribution in [1.29, 1.82) is 0 Å². The fourth-order valence-corrected chi connectivity index (χ4v) is 3.85. The lowest BCUT2D eigenvalue weighted by Crippen LogP contribution is -2.44. The summed E-state index contributed by atoms with van der Waals surface area (Å²) in [5.74, 6) is -1.84. The van der Waals surface area contributed by atoms with Crippen molar-refractivity contribution < 1.29 is 27.2 Å². The van der Waals surface area contributed by atoms with E-state index in [0.717, 1.165) is 17.7 Å². The van der Waals surface area contributed by atoms with Crippen LogP contribution in [0, 0.1) is 5.92 Å². The van der Waals surface area contributed by atoms with Crippen LogP contribution in [0.15, 0.2) is 51.7 Å². The maximum atomic E-state index is 12.7. The normalized spacial score (nSPS) is 15.2. The van der Waals surface area contributed by atoms with Crippen LogP contribution < -0.4 is 11.1 Å². The number of alkyl halides is 3. The molecule has 32 heavy (non-hydrogen) atoms. The highest BCUT2D eigenvalue weighted by Crippen LogP contribution is 2.30. The van der Waals surface area contributed by atoms with Crippen LogP contribution in [0.5, 0.6) is 0 Å². The van der Waals surface area contributed by atoms with E-state index in [0.29, 0.717) is 43.6 Å². The van der Waals surface area contributed by atoms with Gasteiger partial charge in [-0.25, -0.2) is 4.79 Å². The Morgan fingerprint density at radius 1 is 1.09 bits per heavy atom. The van der Waals surface area contributed by atoms with Crippen molar-refractivity contribution in [2.75, 3.05) is 18.4 Å². The van der Waals surface area contributed by atoms with Crippen molar-refractivity contribution in [3.05, 3.63) is 64.1 Å². The second-order valence-corrected chi connectivity index (χ2v) is 7.81. The van der Waals surface area contributed by atoms with Crippen molar-refractivity contribution in [2.24, 2.45) is 5.92 Å². The second kappa shape index (κ2) is 8.52. The fourth-order valence-electron chi connectivity index (χ4n) is 3.85. The number of carbonyl (C=O) groups is 2. The van der Waals surface area contributed by atoms with E-state index in [1.165, 1.54) is 23.1 Å². The van der Waals surface area contributed by atoms with Gasteiger partial charge in [0.1, 0.15) is 0 Å². The Morgan fingerprint density at radius 3 is 2.44 bits per heavy atom. The number of benzene rings is 2. The molecule has 0 spiro atoms. The zero-order valence-corrected chi connectivity index (χ0v) is 16.9. The van der Waals surface area contributed by atoms with E-state index in [1.807, 2.05) is 0 Å². The summed E-state index contributed by atoms with van der Waals surface area (Å²) in [7, 11) is 0. The van der Waals surface area contributed by atoms with Crippen LogP contribution in [0.1, 0.15) is 24.0 Å². The van der Waals surface area contributed by atoms with Crippen molar-refractivity contribution in [3.63, 3.8) is 0 Å². The molecule has 2 amide bonds. The van der Waals surface area contributed by atoms with Crippen LogP contribution in [0.3, 0.4) is 0 Å². The molecule has 1 aliphatic rings. The third kappa shape index (κ3) is 4.84. The quantitative estimate of drug-likeness (QED) is 0.601. The Kier molecular flexibility index (Phi) is 5.77. The van der Waals surface area contributed by atoms with Gasteiger partial charge in [-0.2, -0.15) is 13.2 Å². The number of likely N-dealkylation sites (tertiary alicyclic amines) is 1. The molecule has 7 nitrogen and oxygen atoms in total. The third-order valence-electron chi connectivity index (χ3n) is 5.58. The topological polar surface area (TPSA) is 95.4 Å². The summed E-state index contributed by atoms with van der Waals surface area (Å²) in [6, 6.07) is 9.69. The van der Waals surface area contributed by atoms with E-state index in [1.54, 1.807) is 12.1 Å². The highest BCUT2D eigenvalue weighted by molar-refractivity contribution is 6.39. The molecule has 0 atom stereocenters. The molecule has 4 rings (SSSR count). The molecule has 168 valence electrons. The lowest BCUT2D eigenvalue weighted by Gasteiger charge is -2.31. The molecule has 0 saturated carbocycles. The molecule has 0 aliphatic carbocycles. The van der Waals surface area contributed by atoms with E-state index in [2.05, 4.69) is 10.3 Å². The molecular weight excluding hydrogens is 427 g/mol. The molecule has 2 heterocycles. The Balaban J connectivity index is 1.29. The Labute approximate surface area is 180 Å². The number of anilines is 1. The number of nitrogens with zero attached hydrogens (tertiary/aromatic N) is 1. The molecular formula is C22H20F3N3O4. The highest BCUT2D eigenvalue weighted by Gasteiger charge is 2.30. The number of hydrogen-bond acceptors (Lipinski definition) is 4. The maximum Gasteiger partial charge on any atom is 0.417 e. The molecule has 1 fully saturated rings. The summed E-state index contributed by atoms with van der Waals surface area (Å²) < 4.78 is 43.0. The molecule has 3 aromatic rings. The number of piperidine rings is 1. The van der Waals surface area contributed by atoms with Crippen LogP contribution in [0.4, 0.5) is 18.9 Å². The van der Waals surface area contributed by atoms with E-state index in [4.69, 9.17) is 4.42 Å². The number of aromatic amines is 1. The van der Waals surface area contributed by atoms with Gasteiger partial charge in [-0.15, -0.1) is 0 Å². The third-order valence-corrected chi connectivity index (χ3v) is 5.58. The van der Waals surface area contributed by atoms with Crippen LogP contribution in [-0.2, 0) is 22.2 Å². The summed E-state index contributed by atoms with van der Waals surface area (Å²) in [6.07, 6.45) is -2.43. The van der Waals surface area contributed by atoms with E-state index >= 15 is 0 Å². The van der Waals surface area contributed by atoms with Gasteiger partial charge in [0, 0.05) is 24.8 Å². The van der Waals surface area contributed by atoms with Gasteiger partial charge in [0.2, 0.25) is 0 Å². The van der Waals surface area contributed by atoms with Gasteiger partial charge in [-0.05, 0) is 55.0 Å². The largest absolute Gasteiger partial charge is 0.417 e. The number of oxazole rings is 1. The average molecular weight is 447 g/mol.